The number of aliphatic hydroxyl groups excluding tert-OH is 1. The van der Waals surface area contributed by atoms with Crippen LogP contribution in [0.25, 0.3) is 0 Å². The van der Waals surface area contributed by atoms with Crippen LogP contribution in [0.5, 0.6) is 0 Å². The summed E-state index contributed by atoms with van der Waals surface area (Å²) in [5.41, 5.74) is 3.89. The van der Waals surface area contributed by atoms with Crippen LogP contribution in [0, 0.1) is 13.8 Å². The molecule has 1 heteroatoms. The molecular formula is C12H18O. The summed E-state index contributed by atoms with van der Waals surface area (Å²) in [7, 11) is 0. The van der Waals surface area contributed by atoms with Gasteiger partial charge in [0.1, 0.15) is 0 Å². The Morgan fingerprint density at radius 2 is 2.00 bits per heavy atom. The third-order valence-corrected chi connectivity index (χ3v) is 2.64. The van der Waals surface area contributed by atoms with Gasteiger partial charge in [-0.3, -0.25) is 0 Å². The van der Waals surface area contributed by atoms with E-state index in [0.29, 0.717) is 0 Å². The standard InChI is InChI=1S/C12H18O/c1-4-12(13)8-11-7-5-6-9(2)10(11)3/h5-7,12-13H,4,8H2,1-3H3/t12-/m0/s1. The zero-order chi connectivity index (χ0) is 9.84. The number of aryl methyl sites for hydroxylation is 1. The first-order valence-electron chi connectivity index (χ1n) is 4.88. The molecule has 1 rings (SSSR count). The Balaban J connectivity index is 2.83. The topological polar surface area (TPSA) is 20.2 Å². The highest BCUT2D eigenvalue weighted by atomic mass is 16.3. The lowest BCUT2D eigenvalue weighted by molar-refractivity contribution is 0.170. The van der Waals surface area contributed by atoms with Crippen molar-refractivity contribution in [3.05, 3.63) is 34.9 Å². The molecule has 0 saturated heterocycles. The maximum Gasteiger partial charge on any atom is 0.0578 e. The summed E-state index contributed by atoms with van der Waals surface area (Å²) in [6.45, 7) is 6.24. The third-order valence-electron chi connectivity index (χ3n) is 2.64. The van der Waals surface area contributed by atoms with Gasteiger partial charge in [0.05, 0.1) is 6.10 Å². The van der Waals surface area contributed by atoms with E-state index >= 15 is 0 Å². The van der Waals surface area contributed by atoms with Crippen molar-refractivity contribution in [3.63, 3.8) is 0 Å². The number of hydrogen-bond donors (Lipinski definition) is 1. The molecule has 1 aromatic rings. The van der Waals surface area contributed by atoms with Crippen LogP contribution in [0.3, 0.4) is 0 Å². The summed E-state index contributed by atoms with van der Waals surface area (Å²) in [5.74, 6) is 0. The lowest BCUT2D eigenvalue weighted by atomic mass is 9.98. The SMILES string of the molecule is CC[C@H](O)Cc1cccc(C)c1C. The van der Waals surface area contributed by atoms with Crippen molar-refractivity contribution in [3.8, 4) is 0 Å². The quantitative estimate of drug-likeness (QED) is 0.754. The van der Waals surface area contributed by atoms with Gasteiger partial charge in [-0.25, -0.2) is 0 Å². The van der Waals surface area contributed by atoms with Gasteiger partial charge in [0.2, 0.25) is 0 Å². The third kappa shape index (κ3) is 2.56. The van der Waals surface area contributed by atoms with Gasteiger partial charge in [0.15, 0.2) is 0 Å². The molecule has 1 aromatic carbocycles. The Morgan fingerprint density at radius 3 is 2.62 bits per heavy atom. The van der Waals surface area contributed by atoms with E-state index in [1.165, 1.54) is 16.7 Å². The predicted molar refractivity (Wildman–Crippen MR) is 55.9 cm³/mol. The van der Waals surface area contributed by atoms with Gasteiger partial charge < -0.3 is 5.11 Å². The first-order valence-corrected chi connectivity index (χ1v) is 4.88. The van der Waals surface area contributed by atoms with Gasteiger partial charge >= 0.3 is 0 Å². The summed E-state index contributed by atoms with van der Waals surface area (Å²) in [6.07, 6.45) is 1.41. The molecule has 0 aliphatic heterocycles. The first kappa shape index (κ1) is 10.3. The number of hydrogen-bond acceptors (Lipinski definition) is 1. The average molecular weight is 178 g/mol. The van der Waals surface area contributed by atoms with Gasteiger partial charge in [0, 0.05) is 0 Å². The van der Waals surface area contributed by atoms with Crippen LogP contribution in [-0.4, -0.2) is 11.2 Å². The zero-order valence-electron chi connectivity index (χ0n) is 8.67. The molecule has 0 unspecified atom stereocenters. The van der Waals surface area contributed by atoms with Crippen molar-refractivity contribution in [2.75, 3.05) is 0 Å². The molecule has 0 amide bonds. The highest BCUT2D eigenvalue weighted by Gasteiger charge is 2.05. The second-order valence-corrected chi connectivity index (χ2v) is 3.63. The van der Waals surface area contributed by atoms with E-state index in [0.717, 1.165) is 12.8 Å². The van der Waals surface area contributed by atoms with Gasteiger partial charge in [-0.1, -0.05) is 25.1 Å². The second-order valence-electron chi connectivity index (χ2n) is 3.63. The Labute approximate surface area is 80.4 Å². The van der Waals surface area contributed by atoms with Crippen molar-refractivity contribution in [1.29, 1.82) is 0 Å². The molecule has 72 valence electrons. The van der Waals surface area contributed by atoms with Crippen LogP contribution in [-0.2, 0) is 6.42 Å². The first-order chi connectivity index (χ1) is 6.15. The Bertz CT molecular complexity index is 278. The normalized spacial score (nSPS) is 12.9. The number of rotatable bonds is 3. The van der Waals surface area contributed by atoms with Gasteiger partial charge in [-0.05, 0) is 43.4 Å². The van der Waals surface area contributed by atoms with Gasteiger partial charge in [0.25, 0.3) is 0 Å². The molecule has 1 atom stereocenters. The molecule has 0 spiro atoms. The molecule has 0 saturated carbocycles. The van der Waals surface area contributed by atoms with Crippen molar-refractivity contribution in [1.82, 2.24) is 0 Å². The average Bonchev–Trinajstić information content (AvgIpc) is 2.13. The molecule has 0 aromatic heterocycles. The van der Waals surface area contributed by atoms with Crippen LogP contribution in [0.4, 0.5) is 0 Å². The van der Waals surface area contributed by atoms with Crippen LogP contribution in [0.1, 0.15) is 30.0 Å². The summed E-state index contributed by atoms with van der Waals surface area (Å²) in [5, 5.41) is 9.53. The lowest BCUT2D eigenvalue weighted by Gasteiger charge is -2.11. The van der Waals surface area contributed by atoms with E-state index in [4.69, 9.17) is 0 Å². The summed E-state index contributed by atoms with van der Waals surface area (Å²) in [6, 6.07) is 6.26. The fourth-order valence-corrected chi connectivity index (χ4v) is 1.43. The van der Waals surface area contributed by atoms with Crippen LogP contribution in [0.2, 0.25) is 0 Å². The van der Waals surface area contributed by atoms with Crippen molar-refractivity contribution in [2.24, 2.45) is 0 Å². The molecule has 0 aliphatic rings. The van der Waals surface area contributed by atoms with Gasteiger partial charge in [-0.2, -0.15) is 0 Å². The maximum atomic E-state index is 9.53. The van der Waals surface area contributed by atoms with E-state index in [2.05, 4.69) is 32.0 Å². The zero-order valence-corrected chi connectivity index (χ0v) is 8.67. The summed E-state index contributed by atoms with van der Waals surface area (Å²) < 4.78 is 0. The fourth-order valence-electron chi connectivity index (χ4n) is 1.43. The molecule has 0 heterocycles. The number of benzene rings is 1. The van der Waals surface area contributed by atoms with Crippen molar-refractivity contribution >= 4 is 0 Å². The number of aliphatic hydroxyl groups is 1. The monoisotopic (exact) mass is 178 g/mol. The Morgan fingerprint density at radius 1 is 1.31 bits per heavy atom. The van der Waals surface area contributed by atoms with Gasteiger partial charge in [-0.15, -0.1) is 0 Å². The Kier molecular flexibility index (Phi) is 3.49. The van der Waals surface area contributed by atoms with Crippen molar-refractivity contribution in [2.45, 2.75) is 39.7 Å². The van der Waals surface area contributed by atoms with E-state index < -0.39 is 0 Å². The lowest BCUT2D eigenvalue weighted by Crippen LogP contribution is -2.09. The molecule has 0 aliphatic carbocycles. The van der Waals surface area contributed by atoms with Crippen LogP contribution in [0.15, 0.2) is 18.2 Å². The summed E-state index contributed by atoms with van der Waals surface area (Å²) >= 11 is 0. The predicted octanol–water partition coefficient (Wildman–Crippen LogP) is 2.62. The largest absolute Gasteiger partial charge is 0.393 e. The molecule has 0 radical (unpaired) electrons. The van der Waals surface area contributed by atoms with E-state index in [9.17, 15) is 5.11 Å². The highest BCUT2D eigenvalue weighted by molar-refractivity contribution is 5.33. The Hall–Kier alpha value is -0.820. The van der Waals surface area contributed by atoms with E-state index in [1.54, 1.807) is 0 Å². The molecule has 13 heavy (non-hydrogen) atoms. The molecule has 1 nitrogen and oxygen atoms in total. The molecule has 0 fully saturated rings. The minimum Gasteiger partial charge on any atom is -0.393 e. The van der Waals surface area contributed by atoms with Crippen molar-refractivity contribution < 1.29 is 5.11 Å². The fraction of sp³-hybridized carbons (Fsp3) is 0.500. The minimum absolute atomic E-state index is 0.194. The maximum absolute atomic E-state index is 9.53. The minimum atomic E-state index is -0.194. The smallest absolute Gasteiger partial charge is 0.0578 e. The van der Waals surface area contributed by atoms with E-state index in [1.807, 2.05) is 6.92 Å². The second kappa shape index (κ2) is 4.43. The van der Waals surface area contributed by atoms with E-state index in [-0.39, 0.29) is 6.10 Å². The van der Waals surface area contributed by atoms with Crippen LogP contribution < -0.4 is 0 Å². The molecule has 0 bridgehead atoms. The summed E-state index contributed by atoms with van der Waals surface area (Å²) in [4.78, 5) is 0. The van der Waals surface area contributed by atoms with Crippen LogP contribution >= 0.6 is 0 Å². The molecule has 1 N–H and O–H groups in total. The molecular weight excluding hydrogens is 160 g/mol. The highest BCUT2D eigenvalue weighted by Crippen LogP contribution is 2.15.